The molecule has 1 aromatic carbocycles. The van der Waals surface area contributed by atoms with Gasteiger partial charge in [-0.2, -0.15) is 0 Å². The molecule has 0 heterocycles. The van der Waals surface area contributed by atoms with Crippen molar-refractivity contribution in [1.29, 1.82) is 0 Å². The molecule has 0 atom stereocenters. The fraction of sp³-hybridized carbons (Fsp3) is 0.467. The van der Waals surface area contributed by atoms with E-state index in [-0.39, 0.29) is 18.6 Å². The highest BCUT2D eigenvalue weighted by atomic mass is 16.6. The van der Waals surface area contributed by atoms with Crippen LogP contribution in [0.2, 0.25) is 0 Å². The van der Waals surface area contributed by atoms with Gasteiger partial charge in [0, 0.05) is 11.6 Å². The van der Waals surface area contributed by atoms with Crippen LogP contribution >= 0.6 is 0 Å². The van der Waals surface area contributed by atoms with E-state index < -0.39 is 0 Å². The van der Waals surface area contributed by atoms with Gasteiger partial charge in [0.1, 0.15) is 0 Å². The zero-order chi connectivity index (χ0) is 15.7. The van der Waals surface area contributed by atoms with Crippen molar-refractivity contribution in [2.75, 3.05) is 20.3 Å². The lowest BCUT2D eigenvalue weighted by molar-refractivity contribution is -0.126. The van der Waals surface area contributed by atoms with E-state index in [1.165, 1.54) is 6.21 Å². The summed E-state index contributed by atoms with van der Waals surface area (Å²) in [5, 5.41) is 6.46. The molecule has 6 heteroatoms. The number of oxime groups is 1. The van der Waals surface area contributed by atoms with Crippen LogP contribution in [0.25, 0.3) is 0 Å². The van der Waals surface area contributed by atoms with E-state index in [2.05, 4.69) is 10.5 Å². The van der Waals surface area contributed by atoms with Crippen LogP contribution in [-0.2, 0) is 9.63 Å². The summed E-state index contributed by atoms with van der Waals surface area (Å²) < 4.78 is 10.7. The maximum atomic E-state index is 11.3. The number of nitrogens with zero attached hydrogens (tertiary/aromatic N) is 1. The van der Waals surface area contributed by atoms with Crippen LogP contribution in [0.4, 0.5) is 0 Å². The lowest BCUT2D eigenvalue weighted by atomic mass is 10.2. The first-order valence-electron chi connectivity index (χ1n) is 6.82. The standard InChI is InChI=1S/C15H22N2O4/c1-5-20-13-7-6-12(8-14(13)19-4)9-16-21-10-15(18)17-11(2)3/h6-9,11H,5,10H2,1-4H3,(H,17,18)/b16-9-. The first-order valence-corrected chi connectivity index (χ1v) is 6.82. The van der Waals surface area contributed by atoms with Crippen molar-refractivity contribution >= 4 is 12.1 Å². The topological polar surface area (TPSA) is 69.2 Å². The first-order chi connectivity index (χ1) is 10.1. The SMILES string of the molecule is CCOc1ccc(/C=N\OCC(=O)NC(C)C)cc1OC. The molecule has 1 amide bonds. The molecule has 0 aliphatic carbocycles. The quantitative estimate of drug-likeness (QED) is 0.588. The minimum absolute atomic E-state index is 0.0838. The summed E-state index contributed by atoms with van der Waals surface area (Å²) in [5.41, 5.74) is 0.791. The van der Waals surface area contributed by atoms with E-state index in [1.54, 1.807) is 19.2 Å². The van der Waals surface area contributed by atoms with Crippen LogP contribution in [0.5, 0.6) is 11.5 Å². The smallest absolute Gasteiger partial charge is 0.260 e. The Hall–Kier alpha value is -2.24. The molecule has 0 spiro atoms. The molecule has 0 unspecified atom stereocenters. The molecule has 1 rings (SSSR count). The van der Waals surface area contributed by atoms with Crippen molar-refractivity contribution in [2.24, 2.45) is 5.16 Å². The largest absolute Gasteiger partial charge is 0.493 e. The maximum Gasteiger partial charge on any atom is 0.260 e. The molecule has 0 saturated carbocycles. The number of nitrogens with one attached hydrogen (secondary N) is 1. The number of carbonyl (C=O) groups excluding carboxylic acids is 1. The van der Waals surface area contributed by atoms with Crippen molar-refractivity contribution in [1.82, 2.24) is 5.32 Å². The molecule has 0 fully saturated rings. The van der Waals surface area contributed by atoms with Crippen LogP contribution in [-0.4, -0.2) is 38.5 Å². The Morgan fingerprint density at radius 2 is 2.14 bits per heavy atom. The molecule has 0 radical (unpaired) electrons. The Labute approximate surface area is 125 Å². The molecular weight excluding hydrogens is 272 g/mol. The number of ether oxygens (including phenoxy) is 2. The highest BCUT2D eigenvalue weighted by molar-refractivity contribution is 5.81. The lowest BCUT2D eigenvalue weighted by Gasteiger charge is -2.09. The average molecular weight is 294 g/mol. The molecule has 0 bridgehead atoms. The number of hydrogen-bond acceptors (Lipinski definition) is 5. The second-order valence-corrected chi connectivity index (χ2v) is 4.57. The van der Waals surface area contributed by atoms with E-state index in [0.29, 0.717) is 18.1 Å². The molecule has 0 saturated heterocycles. The first kappa shape index (κ1) is 16.8. The molecule has 0 aliphatic rings. The summed E-state index contributed by atoms with van der Waals surface area (Å²) in [4.78, 5) is 16.3. The molecular formula is C15H22N2O4. The van der Waals surface area contributed by atoms with Gasteiger partial charge >= 0.3 is 0 Å². The third-order valence-electron chi connectivity index (χ3n) is 2.41. The Morgan fingerprint density at radius 3 is 2.76 bits per heavy atom. The summed E-state index contributed by atoms with van der Waals surface area (Å²) in [5.74, 6) is 1.10. The highest BCUT2D eigenvalue weighted by Gasteiger charge is 2.05. The summed E-state index contributed by atoms with van der Waals surface area (Å²) in [7, 11) is 1.57. The van der Waals surface area contributed by atoms with Gasteiger partial charge in [-0.1, -0.05) is 5.16 Å². The van der Waals surface area contributed by atoms with Gasteiger partial charge in [0.25, 0.3) is 5.91 Å². The second kappa shape index (κ2) is 8.84. The van der Waals surface area contributed by atoms with Crippen molar-refractivity contribution in [3.63, 3.8) is 0 Å². The minimum atomic E-state index is -0.202. The molecule has 1 N–H and O–H groups in total. The molecule has 6 nitrogen and oxygen atoms in total. The van der Waals surface area contributed by atoms with Crippen molar-refractivity contribution in [3.8, 4) is 11.5 Å². The minimum Gasteiger partial charge on any atom is -0.493 e. The molecule has 116 valence electrons. The second-order valence-electron chi connectivity index (χ2n) is 4.57. The van der Waals surface area contributed by atoms with Crippen molar-refractivity contribution in [3.05, 3.63) is 23.8 Å². The van der Waals surface area contributed by atoms with Gasteiger partial charge < -0.3 is 19.6 Å². The van der Waals surface area contributed by atoms with E-state index in [0.717, 1.165) is 5.56 Å². The number of amides is 1. The van der Waals surface area contributed by atoms with Crippen LogP contribution in [0.15, 0.2) is 23.4 Å². The Balaban J connectivity index is 2.54. The summed E-state index contributed by atoms with van der Waals surface area (Å²) in [6, 6.07) is 5.50. The van der Waals surface area contributed by atoms with Gasteiger partial charge in [-0.3, -0.25) is 4.79 Å². The Morgan fingerprint density at radius 1 is 1.38 bits per heavy atom. The Kier molecular flexibility index (Phi) is 7.08. The van der Waals surface area contributed by atoms with Gasteiger partial charge in [0.15, 0.2) is 18.1 Å². The summed E-state index contributed by atoms with van der Waals surface area (Å²) in [6.45, 7) is 6.13. The summed E-state index contributed by atoms with van der Waals surface area (Å²) >= 11 is 0. The third-order valence-corrected chi connectivity index (χ3v) is 2.41. The molecule has 0 aromatic heterocycles. The van der Waals surface area contributed by atoms with Gasteiger partial charge in [0.2, 0.25) is 0 Å². The fourth-order valence-electron chi connectivity index (χ4n) is 1.60. The highest BCUT2D eigenvalue weighted by Crippen LogP contribution is 2.27. The monoisotopic (exact) mass is 294 g/mol. The zero-order valence-corrected chi connectivity index (χ0v) is 12.9. The van der Waals surface area contributed by atoms with Gasteiger partial charge in [-0.15, -0.1) is 0 Å². The average Bonchev–Trinajstić information content (AvgIpc) is 2.44. The van der Waals surface area contributed by atoms with E-state index in [1.807, 2.05) is 26.8 Å². The molecule has 21 heavy (non-hydrogen) atoms. The predicted octanol–water partition coefficient (Wildman–Crippen LogP) is 1.97. The number of carbonyl (C=O) groups is 1. The lowest BCUT2D eigenvalue weighted by Crippen LogP contribution is -2.32. The predicted molar refractivity (Wildman–Crippen MR) is 81.0 cm³/mol. The maximum absolute atomic E-state index is 11.3. The van der Waals surface area contributed by atoms with E-state index in [4.69, 9.17) is 14.3 Å². The normalized spacial score (nSPS) is 10.7. The van der Waals surface area contributed by atoms with E-state index in [9.17, 15) is 4.79 Å². The van der Waals surface area contributed by atoms with Gasteiger partial charge in [0.05, 0.1) is 19.9 Å². The number of hydrogen-bond donors (Lipinski definition) is 1. The van der Waals surface area contributed by atoms with Crippen LogP contribution in [0, 0.1) is 0 Å². The fourth-order valence-corrected chi connectivity index (χ4v) is 1.60. The van der Waals surface area contributed by atoms with Gasteiger partial charge in [-0.25, -0.2) is 0 Å². The molecule has 0 aliphatic heterocycles. The summed E-state index contributed by atoms with van der Waals surface area (Å²) in [6.07, 6.45) is 1.51. The van der Waals surface area contributed by atoms with Gasteiger partial charge in [-0.05, 0) is 39.0 Å². The molecule has 1 aromatic rings. The van der Waals surface area contributed by atoms with Crippen molar-refractivity contribution < 1.29 is 19.1 Å². The van der Waals surface area contributed by atoms with Crippen molar-refractivity contribution in [2.45, 2.75) is 26.8 Å². The van der Waals surface area contributed by atoms with Crippen LogP contribution in [0.1, 0.15) is 26.3 Å². The zero-order valence-electron chi connectivity index (χ0n) is 12.9. The van der Waals surface area contributed by atoms with E-state index >= 15 is 0 Å². The number of methoxy groups -OCH3 is 1. The number of rotatable bonds is 8. The van der Waals surface area contributed by atoms with Crippen LogP contribution < -0.4 is 14.8 Å². The Bertz CT molecular complexity index is 487. The number of benzene rings is 1. The third kappa shape index (κ3) is 6.16. The van der Waals surface area contributed by atoms with Crippen LogP contribution in [0.3, 0.4) is 0 Å².